The number of aromatic nitrogens is 6. The number of hydrogen-bond donors (Lipinski definition) is 3. The van der Waals surface area contributed by atoms with Gasteiger partial charge in [0.1, 0.15) is 17.7 Å². The van der Waals surface area contributed by atoms with Crippen LogP contribution in [0.3, 0.4) is 0 Å². The molecule has 11 heteroatoms. The van der Waals surface area contributed by atoms with Gasteiger partial charge in [-0.25, -0.2) is 9.97 Å². The first-order chi connectivity index (χ1) is 16.0. The monoisotopic (exact) mass is 462 g/mol. The molecule has 3 heterocycles. The fourth-order valence-corrected chi connectivity index (χ4v) is 3.98. The Morgan fingerprint density at radius 2 is 1.85 bits per heavy atom. The van der Waals surface area contributed by atoms with Crippen LogP contribution >= 0.6 is 11.3 Å². The normalized spacial score (nSPS) is 11.7. The van der Waals surface area contributed by atoms with Gasteiger partial charge in [-0.1, -0.05) is 31.2 Å². The molecule has 33 heavy (non-hydrogen) atoms. The lowest BCUT2D eigenvalue weighted by molar-refractivity contribution is 0.0934. The van der Waals surface area contributed by atoms with Gasteiger partial charge in [0.25, 0.3) is 11.8 Å². The van der Waals surface area contributed by atoms with E-state index in [-0.39, 0.29) is 23.3 Å². The fourth-order valence-electron chi connectivity index (χ4n) is 3.14. The van der Waals surface area contributed by atoms with E-state index >= 15 is 0 Å². The number of hydrogen-bond acceptors (Lipinski definition) is 8. The summed E-state index contributed by atoms with van der Waals surface area (Å²) < 4.78 is 0. The zero-order valence-electron chi connectivity index (χ0n) is 18.1. The molecule has 168 valence electrons. The summed E-state index contributed by atoms with van der Waals surface area (Å²) in [6, 6.07) is 10.6. The number of thiophene rings is 1. The van der Waals surface area contributed by atoms with Gasteiger partial charge in [-0.3, -0.25) is 9.59 Å². The highest BCUT2D eigenvalue weighted by Crippen LogP contribution is 2.19. The number of amides is 2. The molecule has 0 aliphatic heterocycles. The van der Waals surface area contributed by atoms with Crippen molar-refractivity contribution in [1.82, 2.24) is 41.2 Å². The molecule has 4 aromatic rings. The Kier molecular flexibility index (Phi) is 6.79. The molecule has 10 nitrogen and oxygen atoms in total. The second-order valence-corrected chi connectivity index (χ2v) is 8.29. The van der Waals surface area contributed by atoms with Crippen LogP contribution < -0.4 is 10.6 Å². The zero-order chi connectivity index (χ0) is 23.2. The van der Waals surface area contributed by atoms with Crippen molar-refractivity contribution in [1.29, 1.82) is 0 Å². The Morgan fingerprint density at radius 1 is 1.09 bits per heavy atom. The van der Waals surface area contributed by atoms with E-state index in [1.807, 2.05) is 36.6 Å². The first-order valence-electron chi connectivity index (χ1n) is 10.3. The lowest BCUT2D eigenvalue weighted by Crippen LogP contribution is -2.29. The second kappa shape index (κ2) is 10.1. The molecule has 3 N–H and O–H groups in total. The third-order valence-corrected chi connectivity index (χ3v) is 6.13. The molecule has 2 amide bonds. The van der Waals surface area contributed by atoms with Crippen LogP contribution in [-0.4, -0.2) is 42.4 Å². The Morgan fingerprint density at radius 3 is 2.52 bits per heavy atom. The van der Waals surface area contributed by atoms with E-state index in [2.05, 4.69) is 54.2 Å². The van der Waals surface area contributed by atoms with Crippen LogP contribution in [0.2, 0.25) is 0 Å². The highest BCUT2D eigenvalue weighted by Gasteiger charge is 2.16. The summed E-state index contributed by atoms with van der Waals surface area (Å²) in [4.78, 5) is 34.5. The standard InChI is InChI=1S/C22H22N8O2S/c1-3-17-8-14(11-33-17)10-23-21(31)18-9-19(25-12-24-18)22(32)26-13(2)15-4-6-16(7-5-15)20-27-29-30-28-20/h4-9,11-13H,3,10H2,1-2H3,(H,23,31)(H,26,32)(H,27,28,29,30)/t13-/m0/s1. The molecule has 4 rings (SSSR count). The number of carbonyl (C=O) groups is 2. The predicted octanol–water partition coefficient (Wildman–Crippen LogP) is 2.70. The lowest BCUT2D eigenvalue weighted by atomic mass is 10.1. The summed E-state index contributed by atoms with van der Waals surface area (Å²) in [6.45, 7) is 4.35. The molecule has 0 aliphatic carbocycles. The van der Waals surface area contributed by atoms with Crippen LogP contribution in [0.25, 0.3) is 11.4 Å². The minimum Gasteiger partial charge on any atom is -0.347 e. The van der Waals surface area contributed by atoms with Crippen molar-refractivity contribution in [2.45, 2.75) is 32.9 Å². The molecule has 0 spiro atoms. The number of aromatic amines is 1. The molecular formula is C22H22N8O2S. The smallest absolute Gasteiger partial charge is 0.270 e. The molecule has 3 aromatic heterocycles. The molecule has 0 saturated carbocycles. The van der Waals surface area contributed by atoms with Gasteiger partial charge in [-0.05, 0) is 41.1 Å². The Hall–Kier alpha value is -3.99. The van der Waals surface area contributed by atoms with E-state index in [4.69, 9.17) is 0 Å². The van der Waals surface area contributed by atoms with Crippen molar-refractivity contribution in [3.63, 3.8) is 0 Å². The summed E-state index contributed by atoms with van der Waals surface area (Å²) in [7, 11) is 0. The summed E-state index contributed by atoms with van der Waals surface area (Å²) in [5, 5.41) is 21.6. The van der Waals surface area contributed by atoms with Crippen LogP contribution in [-0.2, 0) is 13.0 Å². The zero-order valence-corrected chi connectivity index (χ0v) is 18.9. The summed E-state index contributed by atoms with van der Waals surface area (Å²) in [5.41, 5.74) is 3.00. The van der Waals surface area contributed by atoms with Gasteiger partial charge in [0.2, 0.25) is 5.82 Å². The number of benzene rings is 1. The molecule has 0 aliphatic rings. The van der Waals surface area contributed by atoms with Crippen LogP contribution in [0.4, 0.5) is 0 Å². The van der Waals surface area contributed by atoms with E-state index < -0.39 is 5.91 Å². The number of aryl methyl sites for hydroxylation is 1. The maximum Gasteiger partial charge on any atom is 0.270 e. The van der Waals surface area contributed by atoms with Crippen molar-refractivity contribution < 1.29 is 9.59 Å². The topological polar surface area (TPSA) is 138 Å². The van der Waals surface area contributed by atoms with Crippen LogP contribution in [0.5, 0.6) is 0 Å². The van der Waals surface area contributed by atoms with E-state index in [9.17, 15) is 9.59 Å². The molecule has 0 fully saturated rings. The maximum atomic E-state index is 12.7. The minimum atomic E-state index is -0.397. The number of rotatable bonds is 8. The number of carbonyl (C=O) groups excluding carboxylic acids is 2. The molecule has 0 radical (unpaired) electrons. The third-order valence-electron chi connectivity index (χ3n) is 5.00. The van der Waals surface area contributed by atoms with Gasteiger partial charge in [-0.2, -0.15) is 5.21 Å². The van der Waals surface area contributed by atoms with E-state index in [0.717, 1.165) is 23.1 Å². The van der Waals surface area contributed by atoms with Crippen molar-refractivity contribution in [2.24, 2.45) is 0 Å². The molecule has 0 saturated heterocycles. The van der Waals surface area contributed by atoms with Crippen LogP contribution in [0.15, 0.2) is 48.1 Å². The highest BCUT2D eigenvalue weighted by molar-refractivity contribution is 7.10. The molecular weight excluding hydrogens is 440 g/mol. The molecule has 1 atom stereocenters. The van der Waals surface area contributed by atoms with Crippen LogP contribution in [0.1, 0.15) is 56.9 Å². The summed E-state index contributed by atoms with van der Waals surface area (Å²) in [6.07, 6.45) is 2.18. The van der Waals surface area contributed by atoms with Crippen molar-refractivity contribution >= 4 is 23.2 Å². The van der Waals surface area contributed by atoms with E-state index in [1.165, 1.54) is 17.3 Å². The van der Waals surface area contributed by atoms with Gasteiger partial charge in [0.15, 0.2) is 0 Å². The summed E-state index contributed by atoms with van der Waals surface area (Å²) in [5.74, 6) is -0.262. The molecule has 0 unspecified atom stereocenters. The molecule has 0 bridgehead atoms. The largest absolute Gasteiger partial charge is 0.347 e. The first kappa shape index (κ1) is 22.2. The lowest BCUT2D eigenvalue weighted by Gasteiger charge is -2.14. The van der Waals surface area contributed by atoms with E-state index in [0.29, 0.717) is 12.4 Å². The Labute approximate surface area is 193 Å². The second-order valence-electron chi connectivity index (χ2n) is 7.30. The van der Waals surface area contributed by atoms with Crippen molar-refractivity contribution in [3.05, 3.63) is 75.5 Å². The summed E-state index contributed by atoms with van der Waals surface area (Å²) >= 11 is 1.67. The highest BCUT2D eigenvalue weighted by atomic mass is 32.1. The van der Waals surface area contributed by atoms with E-state index in [1.54, 1.807) is 11.3 Å². The van der Waals surface area contributed by atoms with Crippen molar-refractivity contribution in [2.75, 3.05) is 0 Å². The SMILES string of the molecule is CCc1cc(CNC(=O)c2cc(C(=O)N[C@@H](C)c3ccc(-c4nn[nH]n4)cc3)ncn2)cs1. The number of H-pyrrole nitrogens is 1. The van der Waals surface area contributed by atoms with Gasteiger partial charge in [-0.15, -0.1) is 21.5 Å². The average molecular weight is 463 g/mol. The Balaban J connectivity index is 1.37. The Bertz CT molecular complexity index is 1240. The van der Waals surface area contributed by atoms with Gasteiger partial charge in [0.05, 0.1) is 6.04 Å². The van der Waals surface area contributed by atoms with Crippen LogP contribution in [0, 0.1) is 0 Å². The predicted molar refractivity (Wildman–Crippen MR) is 122 cm³/mol. The fraction of sp³-hybridized carbons (Fsp3) is 0.227. The average Bonchev–Trinajstić information content (AvgIpc) is 3.55. The number of nitrogens with zero attached hydrogens (tertiary/aromatic N) is 5. The van der Waals surface area contributed by atoms with Crippen molar-refractivity contribution in [3.8, 4) is 11.4 Å². The quantitative estimate of drug-likeness (QED) is 0.366. The number of nitrogens with one attached hydrogen (secondary N) is 3. The molecule has 1 aromatic carbocycles. The minimum absolute atomic E-state index is 0.120. The maximum absolute atomic E-state index is 12.7. The van der Waals surface area contributed by atoms with Gasteiger partial charge >= 0.3 is 0 Å². The first-order valence-corrected chi connectivity index (χ1v) is 11.2. The van der Waals surface area contributed by atoms with Gasteiger partial charge < -0.3 is 10.6 Å². The number of tetrazole rings is 1. The van der Waals surface area contributed by atoms with Gasteiger partial charge in [0, 0.05) is 23.1 Å². The third kappa shape index (κ3) is 5.44.